The van der Waals surface area contributed by atoms with E-state index in [0.717, 1.165) is 19.3 Å². The molecule has 2 rings (SSSR count). The lowest BCUT2D eigenvalue weighted by atomic mass is 10.1. The van der Waals surface area contributed by atoms with Crippen LogP contribution in [-0.4, -0.2) is 40.6 Å². The number of amides is 1. The maximum Gasteiger partial charge on any atom is 0.255 e. The van der Waals surface area contributed by atoms with Crippen molar-refractivity contribution in [1.82, 2.24) is 9.88 Å². The number of aliphatic hydroxyl groups is 1. The molecule has 1 aromatic rings. The number of pyridine rings is 1. The monoisotopic (exact) mass is 283 g/mol. The first-order valence-electron chi connectivity index (χ1n) is 6.33. The first-order chi connectivity index (χ1) is 8.99. The fourth-order valence-electron chi connectivity index (χ4n) is 2.45. The van der Waals surface area contributed by atoms with Gasteiger partial charge >= 0.3 is 0 Å². The van der Waals surface area contributed by atoms with Gasteiger partial charge in [-0.2, -0.15) is 0 Å². The number of nitrogens with two attached hydrogens (primary N) is 1. The summed E-state index contributed by atoms with van der Waals surface area (Å²) < 4.78 is 0. The highest BCUT2D eigenvalue weighted by molar-refractivity contribution is 6.33. The average Bonchev–Trinajstić information content (AvgIpc) is 2.77. The van der Waals surface area contributed by atoms with Gasteiger partial charge in [0.25, 0.3) is 5.91 Å². The van der Waals surface area contributed by atoms with Gasteiger partial charge in [0.15, 0.2) is 0 Å². The van der Waals surface area contributed by atoms with Crippen LogP contribution >= 0.6 is 11.6 Å². The number of carbonyl (C=O) groups is 1. The minimum atomic E-state index is -0.302. The number of anilines is 1. The van der Waals surface area contributed by atoms with E-state index >= 15 is 0 Å². The van der Waals surface area contributed by atoms with E-state index in [9.17, 15) is 9.90 Å². The SMILES string of the molecule is CN(CC1CCCC1O)C(=O)c1cnc(N)c(Cl)c1. The zero-order valence-electron chi connectivity index (χ0n) is 10.8. The van der Waals surface area contributed by atoms with Gasteiger partial charge in [0, 0.05) is 25.7 Å². The molecule has 0 saturated heterocycles. The lowest BCUT2D eigenvalue weighted by Crippen LogP contribution is -2.34. The lowest BCUT2D eigenvalue weighted by molar-refractivity contribution is 0.0693. The van der Waals surface area contributed by atoms with Crippen molar-refractivity contribution in [3.63, 3.8) is 0 Å². The molecule has 1 fully saturated rings. The van der Waals surface area contributed by atoms with E-state index in [2.05, 4.69) is 4.98 Å². The zero-order valence-corrected chi connectivity index (χ0v) is 11.6. The molecule has 104 valence electrons. The molecule has 6 heteroatoms. The summed E-state index contributed by atoms with van der Waals surface area (Å²) in [5.41, 5.74) is 5.93. The highest BCUT2D eigenvalue weighted by atomic mass is 35.5. The highest BCUT2D eigenvalue weighted by Gasteiger charge is 2.27. The molecule has 1 amide bonds. The molecule has 1 saturated carbocycles. The third-order valence-electron chi connectivity index (χ3n) is 3.59. The van der Waals surface area contributed by atoms with Crippen molar-refractivity contribution in [2.24, 2.45) is 5.92 Å². The van der Waals surface area contributed by atoms with E-state index in [-0.39, 0.29) is 28.8 Å². The van der Waals surface area contributed by atoms with Gasteiger partial charge in [-0.3, -0.25) is 4.79 Å². The molecule has 1 aromatic heterocycles. The maximum absolute atomic E-state index is 12.2. The summed E-state index contributed by atoms with van der Waals surface area (Å²) >= 11 is 5.86. The largest absolute Gasteiger partial charge is 0.393 e. The standard InChI is InChI=1S/C13H18ClN3O2/c1-17(7-8-3-2-4-11(8)18)13(19)9-5-10(14)12(15)16-6-9/h5-6,8,11,18H,2-4,7H2,1H3,(H2,15,16). The first kappa shape index (κ1) is 14.1. The van der Waals surface area contributed by atoms with E-state index in [1.54, 1.807) is 11.9 Å². The summed E-state index contributed by atoms with van der Waals surface area (Å²) in [7, 11) is 1.72. The van der Waals surface area contributed by atoms with Crippen LogP contribution in [-0.2, 0) is 0 Å². The average molecular weight is 284 g/mol. The van der Waals surface area contributed by atoms with Gasteiger partial charge in [-0.05, 0) is 18.9 Å². The van der Waals surface area contributed by atoms with Crippen LogP contribution in [0.5, 0.6) is 0 Å². The van der Waals surface area contributed by atoms with Crippen LogP contribution in [0.2, 0.25) is 5.02 Å². The first-order valence-corrected chi connectivity index (χ1v) is 6.71. The van der Waals surface area contributed by atoms with Gasteiger partial charge in [0.2, 0.25) is 0 Å². The van der Waals surface area contributed by atoms with Crippen molar-refractivity contribution in [3.05, 3.63) is 22.8 Å². The summed E-state index contributed by atoms with van der Waals surface area (Å²) in [5, 5.41) is 10.1. The predicted octanol–water partition coefficient (Wildman–Crippen LogP) is 1.55. The summed E-state index contributed by atoms with van der Waals surface area (Å²) in [6.07, 6.45) is 3.92. The summed E-state index contributed by atoms with van der Waals surface area (Å²) in [4.78, 5) is 17.7. The van der Waals surface area contributed by atoms with Crippen LogP contribution in [0.3, 0.4) is 0 Å². The van der Waals surface area contributed by atoms with Gasteiger partial charge in [-0.25, -0.2) is 4.98 Å². The number of aromatic nitrogens is 1. The fourth-order valence-corrected chi connectivity index (χ4v) is 2.62. The Labute approximate surface area is 117 Å². The Hall–Kier alpha value is -1.33. The van der Waals surface area contributed by atoms with Crippen molar-refractivity contribution in [1.29, 1.82) is 0 Å². The van der Waals surface area contributed by atoms with E-state index in [0.29, 0.717) is 12.1 Å². The van der Waals surface area contributed by atoms with Gasteiger partial charge < -0.3 is 15.7 Å². The fraction of sp³-hybridized carbons (Fsp3) is 0.538. The Morgan fingerprint density at radius 1 is 1.63 bits per heavy atom. The van der Waals surface area contributed by atoms with Crippen LogP contribution in [0.1, 0.15) is 29.6 Å². The molecule has 19 heavy (non-hydrogen) atoms. The lowest BCUT2D eigenvalue weighted by Gasteiger charge is -2.23. The van der Waals surface area contributed by atoms with E-state index in [1.165, 1.54) is 12.3 Å². The van der Waals surface area contributed by atoms with Crippen LogP contribution < -0.4 is 5.73 Å². The van der Waals surface area contributed by atoms with Crippen molar-refractivity contribution < 1.29 is 9.90 Å². The number of nitrogens with zero attached hydrogens (tertiary/aromatic N) is 2. The number of hydrogen-bond donors (Lipinski definition) is 2. The normalized spacial score (nSPS) is 22.5. The number of nitrogen functional groups attached to an aromatic ring is 1. The third-order valence-corrected chi connectivity index (χ3v) is 3.89. The molecule has 0 spiro atoms. The highest BCUT2D eigenvalue weighted by Crippen LogP contribution is 2.26. The van der Waals surface area contributed by atoms with Crippen LogP contribution in [0.25, 0.3) is 0 Å². The van der Waals surface area contributed by atoms with Crippen molar-refractivity contribution in [2.45, 2.75) is 25.4 Å². The quantitative estimate of drug-likeness (QED) is 0.882. The number of halogens is 1. The Morgan fingerprint density at radius 2 is 2.37 bits per heavy atom. The Morgan fingerprint density at radius 3 is 2.95 bits per heavy atom. The molecule has 0 aromatic carbocycles. The molecular formula is C13H18ClN3O2. The smallest absolute Gasteiger partial charge is 0.255 e. The van der Waals surface area contributed by atoms with E-state index in [4.69, 9.17) is 17.3 Å². The molecule has 0 radical (unpaired) electrons. The Kier molecular flexibility index (Phi) is 4.27. The molecule has 1 heterocycles. The topological polar surface area (TPSA) is 79.5 Å². The van der Waals surface area contributed by atoms with Crippen molar-refractivity contribution >= 4 is 23.3 Å². The molecule has 1 aliphatic carbocycles. The molecular weight excluding hydrogens is 266 g/mol. The number of carbonyl (C=O) groups excluding carboxylic acids is 1. The van der Waals surface area contributed by atoms with Crippen LogP contribution in [0.4, 0.5) is 5.82 Å². The zero-order chi connectivity index (χ0) is 14.0. The predicted molar refractivity (Wildman–Crippen MR) is 74.0 cm³/mol. The molecule has 0 aliphatic heterocycles. The Bertz CT molecular complexity index is 481. The van der Waals surface area contributed by atoms with E-state index < -0.39 is 0 Å². The molecule has 0 bridgehead atoms. The van der Waals surface area contributed by atoms with Gasteiger partial charge in [-0.15, -0.1) is 0 Å². The minimum Gasteiger partial charge on any atom is -0.393 e. The molecule has 1 aliphatic rings. The van der Waals surface area contributed by atoms with Crippen molar-refractivity contribution in [2.75, 3.05) is 19.3 Å². The maximum atomic E-state index is 12.2. The van der Waals surface area contributed by atoms with Gasteiger partial charge in [0.05, 0.1) is 16.7 Å². The van der Waals surface area contributed by atoms with Crippen LogP contribution in [0, 0.1) is 5.92 Å². The summed E-state index contributed by atoms with van der Waals surface area (Å²) in [5.74, 6) is 0.215. The second-order valence-electron chi connectivity index (χ2n) is 5.04. The van der Waals surface area contributed by atoms with E-state index in [1.807, 2.05) is 0 Å². The molecule has 2 atom stereocenters. The van der Waals surface area contributed by atoms with Crippen LogP contribution in [0.15, 0.2) is 12.3 Å². The van der Waals surface area contributed by atoms with Gasteiger partial charge in [0.1, 0.15) is 5.82 Å². The summed E-state index contributed by atoms with van der Waals surface area (Å²) in [6, 6.07) is 1.52. The number of rotatable bonds is 3. The Balaban J connectivity index is 2.03. The second kappa shape index (κ2) is 5.75. The summed E-state index contributed by atoms with van der Waals surface area (Å²) in [6.45, 7) is 0.544. The van der Waals surface area contributed by atoms with Crippen molar-refractivity contribution in [3.8, 4) is 0 Å². The molecule has 5 nitrogen and oxygen atoms in total. The number of hydrogen-bond acceptors (Lipinski definition) is 4. The van der Waals surface area contributed by atoms with Gasteiger partial charge in [-0.1, -0.05) is 18.0 Å². The minimum absolute atomic E-state index is 0.158. The third kappa shape index (κ3) is 3.16. The molecule has 3 N–H and O–H groups in total. The molecule has 2 unspecified atom stereocenters. The number of aliphatic hydroxyl groups excluding tert-OH is 1. The second-order valence-corrected chi connectivity index (χ2v) is 5.44.